The van der Waals surface area contributed by atoms with Gasteiger partial charge in [0.1, 0.15) is 16.3 Å². The molecule has 0 saturated heterocycles. The number of hydrogen-bond acceptors (Lipinski definition) is 5. The van der Waals surface area contributed by atoms with E-state index in [1.807, 2.05) is 31.2 Å². The van der Waals surface area contributed by atoms with Crippen molar-refractivity contribution in [2.24, 2.45) is 0 Å². The van der Waals surface area contributed by atoms with Crippen LogP contribution in [0.15, 0.2) is 35.4 Å². The maximum Gasteiger partial charge on any atom is 0.346 e. The Hall–Kier alpha value is -3.00. The zero-order chi connectivity index (χ0) is 18.8. The first-order chi connectivity index (χ1) is 12.4. The molecule has 26 heavy (non-hydrogen) atoms. The molecule has 3 rings (SSSR count). The summed E-state index contributed by atoms with van der Waals surface area (Å²) in [4.78, 5) is 40.6. The molecule has 2 heterocycles. The number of amides is 1. The minimum absolute atomic E-state index is 0.0859. The van der Waals surface area contributed by atoms with Crippen molar-refractivity contribution in [1.29, 1.82) is 0 Å². The van der Waals surface area contributed by atoms with E-state index in [9.17, 15) is 19.5 Å². The van der Waals surface area contributed by atoms with Gasteiger partial charge in [-0.15, -0.1) is 11.3 Å². The number of anilines is 1. The fraction of sp³-hybridized carbons (Fsp3) is 0.222. The quantitative estimate of drug-likeness (QED) is 0.718. The molecule has 2 aromatic heterocycles. The molecule has 0 atom stereocenters. The molecule has 1 aromatic carbocycles. The fourth-order valence-electron chi connectivity index (χ4n) is 2.65. The highest BCUT2D eigenvalue weighted by Gasteiger charge is 2.19. The Balaban J connectivity index is 1.85. The highest BCUT2D eigenvalue weighted by molar-refractivity contribution is 7.20. The van der Waals surface area contributed by atoms with E-state index in [0.717, 1.165) is 23.3 Å². The third kappa shape index (κ3) is 3.36. The molecule has 0 spiro atoms. The maximum atomic E-state index is 12.6. The Labute approximate surface area is 152 Å². The second kappa shape index (κ2) is 7.09. The summed E-state index contributed by atoms with van der Waals surface area (Å²) in [5, 5.41) is 12.2. The average molecular weight is 371 g/mol. The molecule has 0 unspecified atom stereocenters. The van der Waals surface area contributed by atoms with E-state index in [0.29, 0.717) is 16.1 Å². The van der Waals surface area contributed by atoms with Gasteiger partial charge in [-0.05, 0) is 36.6 Å². The molecule has 0 aliphatic carbocycles. The number of nitrogens with one attached hydrogen (secondary N) is 1. The number of hydrogen-bond donors (Lipinski definition) is 2. The maximum absolute atomic E-state index is 12.6. The average Bonchev–Trinajstić information content (AvgIpc) is 2.96. The number of nitrogens with zero attached hydrogens (tertiary/aromatic N) is 2. The summed E-state index contributed by atoms with van der Waals surface area (Å²) in [6.45, 7) is 3.42. The van der Waals surface area contributed by atoms with Gasteiger partial charge in [-0.25, -0.2) is 9.78 Å². The third-order valence-corrected chi connectivity index (χ3v) is 5.26. The number of fused-ring (bicyclic) bond motifs is 1. The number of aryl methyl sites for hydroxylation is 2. The summed E-state index contributed by atoms with van der Waals surface area (Å²) in [5.74, 6) is -1.45. The molecule has 0 aliphatic rings. The van der Waals surface area contributed by atoms with Crippen molar-refractivity contribution in [3.8, 4) is 0 Å². The SMILES string of the molecule is CCc1ccc(NC(=O)Cn2cnc3sc(C(=O)O)c(C)c3c2=O)cc1. The molecule has 0 saturated carbocycles. The minimum atomic E-state index is -1.09. The van der Waals surface area contributed by atoms with Gasteiger partial charge in [-0.3, -0.25) is 14.2 Å². The van der Waals surface area contributed by atoms with Crippen molar-refractivity contribution in [3.63, 3.8) is 0 Å². The van der Waals surface area contributed by atoms with Crippen molar-refractivity contribution >= 4 is 39.1 Å². The van der Waals surface area contributed by atoms with Gasteiger partial charge in [0.05, 0.1) is 11.7 Å². The predicted molar refractivity (Wildman–Crippen MR) is 100 cm³/mol. The van der Waals surface area contributed by atoms with Crippen molar-refractivity contribution < 1.29 is 14.7 Å². The summed E-state index contributed by atoms with van der Waals surface area (Å²) in [6.07, 6.45) is 2.18. The van der Waals surface area contributed by atoms with Gasteiger partial charge in [-0.1, -0.05) is 19.1 Å². The lowest BCUT2D eigenvalue weighted by molar-refractivity contribution is -0.116. The standard InChI is InChI=1S/C18H17N3O4S/c1-3-11-4-6-12(7-5-11)20-13(22)8-21-9-19-16-14(17(21)23)10(2)15(26-16)18(24)25/h4-7,9H,3,8H2,1-2H3,(H,20,22)(H,24,25). The Morgan fingerprint density at radius 1 is 1.27 bits per heavy atom. The van der Waals surface area contributed by atoms with Crippen LogP contribution in [-0.4, -0.2) is 26.5 Å². The summed E-state index contributed by atoms with van der Waals surface area (Å²) in [6, 6.07) is 7.47. The van der Waals surface area contributed by atoms with E-state index in [2.05, 4.69) is 10.3 Å². The Morgan fingerprint density at radius 2 is 1.96 bits per heavy atom. The van der Waals surface area contributed by atoms with E-state index in [1.54, 1.807) is 6.92 Å². The molecule has 1 amide bonds. The van der Waals surface area contributed by atoms with Crippen LogP contribution in [0.3, 0.4) is 0 Å². The van der Waals surface area contributed by atoms with Gasteiger partial charge >= 0.3 is 5.97 Å². The van der Waals surface area contributed by atoms with Crippen LogP contribution >= 0.6 is 11.3 Å². The monoisotopic (exact) mass is 371 g/mol. The lowest BCUT2D eigenvalue weighted by Gasteiger charge is -2.08. The molecule has 0 bridgehead atoms. The van der Waals surface area contributed by atoms with Crippen LogP contribution in [0.2, 0.25) is 0 Å². The Kier molecular flexibility index (Phi) is 4.85. The molecule has 3 aromatic rings. The molecule has 2 N–H and O–H groups in total. The normalized spacial score (nSPS) is 10.8. The van der Waals surface area contributed by atoms with Gasteiger partial charge in [0, 0.05) is 5.69 Å². The van der Waals surface area contributed by atoms with Gasteiger partial charge in [0.25, 0.3) is 5.56 Å². The number of benzene rings is 1. The minimum Gasteiger partial charge on any atom is -0.477 e. The zero-order valence-corrected chi connectivity index (χ0v) is 15.1. The number of rotatable bonds is 5. The number of carbonyl (C=O) groups is 2. The van der Waals surface area contributed by atoms with Gasteiger partial charge in [-0.2, -0.15) is 0 Å². The second-order valence-corrected chi connectivity index (χ2v) is 6.82. The van der Waals surface area contributed by atoms with Gasteiger partial charge in [0.2, 0.25) is 5.91 Å². The fourth-order valence-corrected chi connectivity index (χ4v) is 3.63. The molecular weight excluding hydrogens is 354 g/mol. The largest absolute Gasteiger partial charge is 0.477 e. The van der Waals surface area contributed by atoms with E-state index in [1.165, 1.54) is 10.9 Å². The van der Waals surface area contributed by atoms with Crippen LogP contribution in [-0.2, 0) is 17.8 Å². The lowest BCUT2D eigenvalue weighted by Crippen LogP contribution is -2.27. The highest BCUT2D eigenvalue weighted by atomic mass is 32.1. The van der Waals surface area contributed by atoms with E-state index >= 15 is 0 Å². The summed E-state index contributed by atoms with van der Waals surface area (Å²) >= 11 is 0.955. The second-order valence-electron chi connectivity index (χ2n) is 5.82. The smallest absolute Gasteiger partial charge is 0.346 e. The first-order valence-electron chi connectivity index (χ1n) is 8.01. The topological polar surface area (TPSA) is 101 Å². The van der Waals surface area contributed by atoms with Crippen LogP contribution in [0.25, 0.3) is 10.2 Å². The number of aromatic carboxylic acids is 1. The first kappa shape index (κ1) is 17.8. The zero-order valence-electron chi connectivity index (χ0n) is 14.3. The van der Waals surface area contributed by atoms with E-state index in [4.69, 9.17) is 0 Å². The molecule has 0 fully saturated rings. The Morgan fingerprint density at radius 3 is 2.58 bits per heavy atom. The molecular formula is C18H17N3O4S. The molecule has 7 nitrogen and oxygen atoms in total. The molecule has 0 radical (unpaired) electrons. The molecule has 8 heteroatoms. The summed E-state index contributed by atoms with van der Waals surface area (Å²) in [5.41, 5.74) is 1.76. The number of carboxylic acid groups (broad SMARTS) is 1. The third-order valence-electron chi connectivity index (χ3n) is 4.07. The molecule has 134 valence electrons. The number of thiophene rings is 1. The van der Waals surface area contributed by atoms with Crippen LogP contribution in [0.1, 0.15) is 27.7 Å². The van der Waals surface area contributed by atoms with Crippen LogP contribution in [0.5, 0.6) is 0 Å². The Bertz CT molecular complexity index is 1050. The van der Waals surface area contributed by atoms with Crippen molar-refractivity contribution in [2.45, 2.75) is 26.8 Å². The van der Waals surface area contributed by atoms with Crippen LogP contribution < -0.4 is 10.9 Å². The lowest BCUT2D eigenvalue weighted by atomic mass is 10.1. The molecule has 0 aliphatic heterocycles. The first-order valence-corrected chi connectivity index (χ1v) is 8.83. The summed E-state index contributed by atoms with van der Waals surface area (Å²) in [7, 11) is 0. The predicted octanol–water partition coefficient (Wildman–Crippen LogP) is 2.67. The van der Waals surface area contributed by atoms with Crippen molar-refractivity contribution in [1.82, 2.24) is 9.55 Å². The van der Waals surface area contributed by atoms with Crippen LogP contribution in [0, 0.1) is 6.92 Å². The van der Waals surface area contributed by atoms with Crippen molar-refractivity contribution in [2.75, 3.05) is 5.32 Å². The van der Waals surface area contributed by atoms with Crippen LogP contribution in [0.4, 0.5) is 5.69 Å². The number of carboxylic acids is 1. The summed E-state index contributed by atoms with van der Waals surface area (Å²) < 4.78 is 1.18. The van der Waals surface area contributed by atoms with E-state index in [-0.39, 0.29) is 22.7 Å². The van der Waals surface area contributed by atoms with Gasteiger partial charge in [0.15, 0.2) is 0 Å². The number of carbonyl (C=O) groups excluding carboxylic acids is 1. The van der Waals surface area contributed by atoms with Crippen molar-refractivity contribution in [3.05, 3.63) is 57.0 Å². The van der Waals surface area contributed by atoms with E-state index < -0.39 is 11.5 Å². The van der Waals surface area contributed by atoms with Gasteiger partial charge < -0.3 is 10.4 Å². The highest BCUT2D eigenvalue weighted by Crippen LogP contribution is 2.26. The number of aromatic nitrogens is 2.